The van der Waals surface area contributed by atoms with Gasteiger partial charge in [-0.05, 0) is 60.0 Å². The van der Waals surface area contributed by atoms with E-state index >= 15 is 0 Å². The van der Waals surface area contributed by atoms with Gasteiger partial charge in [-0.25, -0.2) is 8.42 Å². The molecule has 1 amide bonds. The summed E-state index contributed by atoms with van der Waals surface area (Å²) in [5.74, 6) is -0.0373. The summed E-state index contributed by atoms with van der Waals surface area (Å²) in [7, 11) is -3.82. The van der Waals surface area contributed by atoms with Gasteiger partial charge in [0.25, 0.3) is 15.9 Å². The molecule has 2 heterocycles. The third-order valence-electron chi connectivity index (χ3n) is 5.73. The molecule has 1 aromatic heterocycles. The first kappa shape index (κ1) is 24.6. The molecule has 0 saturated carbocycles. The first-order chi connectivity index (χ1) is 16.9. The van der Waals surface area contributed by atoms with Crippen molar-refractivity contribution in [2.24, 2.45) is 0 Å². The van der Waals surface area contributed by atoms with Crippen molar-refractivity contribution in [1.82, 2.24) is 9.88 Å². The van der Waals surface area contributed by atoms with E-state index < -0.39 is 10.0 Å². The van der Waals surface area contributed by atoms with Crippen LogP contribution in [0.5, 0.6) is 0 Å². The fourth-order valence-corrected chi connectivity index (χ4v) is 4.83. The third kappa shape index (κ3) is 6.74. The third-order valence-corrected chi connectivity index (χ3v) is 7.13. The Bertz CT molecular complexity index is 1250. The normalized spacial score (nSPS) is 13.9. The number of amides is 1. The minimum Gasteiger partial charge on any atom is -0.378 e. The predicted octanol–water partition coefficient (Wildman–Crippen LogP) is 3.10. The van der Waals surface area contributed by atoms with Crippen LogP contribution in [0.1, 0.15) is 27.9 Å². The van der Waals surface area contributed by atoms with Gasteiger partial charge in [-0.1, -0.05) is 18.2 Å². The van der Waals surface area contributed by atoms with Gasteiger partial charge in [0.15, 0.2) is 0 Å². The molecule has 1 aliphatic rings. The molecule has 0 spiro atoms. The van der Waals surface area contributed by atoms with Crippen molar-refractivity contribution in [3.8, 4) is 0 Å². The van der Waals surface area contributed by atoms with Crippen LogP contribution in [0.3, 0.4) is 0 Å². The molecule has 0 atom stereocenters. The van der Waals surface area contributed by atoms with Crippen LogP contribution in [-0.4, -0.2) is 56.3 Å². The Balaban J connectivity index is 1.32. The number of anilines is 1. The number of rotatable bonds is 9. The monoisotopic (exact) mass is 493 g/mol. The van der Waals surface area contributed by atoms with Crippen LogP contribution in [-0.2, 0) is 32.4 Å². The van der Waals surface area contributed by atoms with Gasteiger partial charge >= 0.3 is 0 Å². The molecule has 1 fully saturated rings. The number of nitrogens with one attached hydrogen (secondary N) is 1. The highest BCUT2D eigenvalue weighted by molar-refractivity contribution is 7.92. The topological polar surface area (TPSA) is 106 Å². The van der Waals surface area contributed by atoms with E-state index in [1.165, 1.54) is 24.3 Å². The number of carbonyl (C=O) groups excluding carboxylic acids is 2. The van der Waals surface area contributed by atoms with Crippen LogP contribution in [0.15, 0.2) is 78.0 Å². The van der Waals surface area contributed by atoms with E-state index in [2.05, 4.69) is 9.71 Å². The van der Waals surface area contributed by atoms with Gasteiger partial charge in [0, 0.05) is 49.6 Å². The number of benzene rings is 2. The number of Topliss-reactive ketones (excluding diaryl/α,β-unsaturated/α-hetero) is 1. The largest absolute Gasteiger partial charge is 0.378 e. The SMILES string of the molecule is O=C(CCc1cccnc1)Cc1ccc(NS(=O)(=O)c2ccc(C(=O)N3CCOCC3)cc2)cc1. The van der Waals surface area contributed by atoms with Gasteiger partial charge in [-0.3, -0.25) is 19.3 Å². The molecule has 35 heavy (non-hydrogen) atoms. The first-order valence-electron chi connectivity index (χ1n) is 11.4. The quantitative estimate of drug-likeness (QED) is 0.491. The minimum atomic E-state index is -3.82. The van der Waals surface area contributed by atoms with Gasteiger partial charge in [0.1, 0.15) is 5.78 Å². The zero-order chi connectivity index (χ0) is 24.7. The number of aryl methyl sites for hydroxylation is 1. The fourth-order valence-electron chi connectivity index (χ4n) is 3.78. The van der Waals surface area contributed by atoms with Crippen molar-refractivity contribution in [3.63, 3.8) is 0 Å². The van der Waals surface area contributed by atoms with Crippen LogP contribution < -0.4 is 4.72 Å². The summed E-state index contributed by atoms with van der Waals surface area (Å²) < 4.78 is 33.4. The molecule has 9 heteroatoms. The lowest BCUT2D eigenvalue weighted by atomic mass is 10.0. The van der Waals surface area contributed by atoms with E-state index in [0.717, 1.165) is 11.1 Å². The molecule has 0 unspecified atom stereocenters. The number of sulfonamides is 1. The van der Waals surface area contributed by atoms with E-state index in [1.54, 1.807) is 41.6 Å². The molecule has 1 N–H and O–H groups in total. The second-order valence-corrected chi connectivity index (χ2v) is 9.99. The average Bonchev–Trinajstić information content (AvgIpc) is 2.89. The van der Waals surface area contributed by atoms with E-state index in [9.17, 15) is 18.0 Å². The summed E-state index contributed by atoms with van der Waals surface area (Å²) >= 11 is 0. The molecule has 0 radical (unpaired) electrons. The molecular weight excluding hydrogens is 466 g/mol. The molecule has 0 bridgehead atoms. The highest BCUT2D eigenvalue weighted by Crippen LogP contribution is 2.19. The van der Waals surface area contributed by atoms with E-state index in [0.29, 0.717) is 50.4 Å². The molecule has 1 saturated heterocycles. The summed E-state index contributed by atoms with van der Waals surface area (Å²) in [4.78, 5) is 30.6. The number of nitrogens with zero attached hydrogens (tertiary/aromatic N) is 2. The number of carbonyl (C=O) groups is 2. The van der Waals surface area contributed by atoms with Gasteiger partial charge in [0.2, 0.25) is 0 Å². The van der Waals surface area contributed by atoms with Gasteiger partial charge < -0.3 is 9.64 Å². The molecular formula is C26H27N3O5S. The zero-order valence-corrected chi connectivity index (χ0v) is 20.0. The Kier molecular flexibility index (Phi) is 7.89. The highest BCUT2D eigenvalue weighted by atomic mass is 32.2. The smallest absolute Gasteiger partial charge is 0.261 e. The summed E-state index contributed by atoms with van der Waals surface area (Å²) in [5, 5.41) is 0. The number of morpholine rings is 1. The number of hydrogen-bond donors (Lipinski definition) is 1. The Morgan fingerprint density at radius 2 is 1.66 bits per heavy atom. The Morgan fingerprint density at radius 1 is 0.943 bits per heavy atom. The Labute approximate surface area is 205 Å². The maximum Gasteiger partial charge on any atom is 0.261 e. The minimum absolute atomic E-state index is 0.0608. The van der Waals surface area contributed by atoms with Crippen LogP contribution >= 0.6 is 0 Å². The lowest BCUT2D eigenvalue weighted by Gasteiger charge is -2.26. The summed E-state index contributed by atoms with van der Waals surface area (Å²) in [5.41, 5.74) is 2.66. The Hall–Kier alpha value is -3.56. The van der Waals surface area contributed by atoms with Crippen LogP contribution in [0, 0.1) is 0 Å². The molecule has 182 valence electrons. The number of ether oxygens (including phenoxy) is 1. The fraction of sp³-hybridized carbons (Fsp3) is 0.269. The summed E-state index contributed by atoms with van der Waals surface area (Å²) in [6.07, 6.45) is 4.80. The molecule has 8 nitrogen and oxygen atoms in total. The van der Waals surface area contributed by atoms with E-state index in [1.807, 2.05) is 12.1 Å². The number of ketones is 1. The molecule has 4 rings (SSSR count). The lowest BCUT2D eigenvalue weighted by Crippen LogP contribution is -2.40. The van der Waals surface area contributed by atoms with E-state index in [4.69, 9.17) is 4.74 Å². The van der Waals surface area contributed by atoms with Gasteiger partial charge in [-0.15, -0.1) is 0 Å². The maximum atomic E-state index is 12.8. The van der Waals surface area contributed by atoms with Crippen molar-refractivity contribution in [1.29, 1.82) is 0 Å². The van der Waals surface area contributed by atoms with Crippen molar-refractivity contribution in [3.05, 3.63) is 89.7 Å². The predicted molar refractivity (Wildman–Crippen MR) is 132 cm³/mol. The molecule has 2 aromatic carbocycles. The summed E-state index contributed by atoms with van der Waals surface area (Å²) in [6.45, 7) is 2.04. The van der Waals surface area contributed by atoms with Crippen LogP contribution in [0.4, 0.5) is 5.69 Å². The number of pyridine rings is 1. The lowest BCUT2D eigenvalue weighted by molar-refractivity contribution is -0.118. The van der Waals surface area contributed by atoms with Crippen molar-refractivity contribution in [2.45, 2.75) is 24.2 Å². The van der Waals surface area contributed by atoms with Crippen molar-refractivity contribution >= 4 is 27.4 Å². The van der Waals surface area contributed by atoms with E-state index in [-0.39, 0.29) is 23.0 Å². The Morgan fingerprint density at radius 3 is 2.31 bits per heavy atom. The van der Waals surface area contributed by atoms with Crippen molar-refractivity contribution < 1.29 is 22.7 Å². The van der Waals surface area contributed by atoms with Crippen LogP contribution in [0.2, 0.25) is 0 Å². The number of hydrogen-bond acceptors (Lipinski definition) is 6. The molecule has 1 aliphatic heterocycles. The van der Waals surface area contributed by atoms with Gasteiger partial charge in [-0.2, -0.15) is 0 Å². The second kappa shape index (κ2) is 11.2. The number of aromatic nitrogens is 1. The second-order valence-electron chi connectivity index (χ2n) is 8.31. The maximum absolute atomic E-state index is 12.8. The first-order valence-corrected chi connectivity index (χ1v) is 12.9. The van der Waals surface area contributed by atoms with Crippen molar-refractivity contribution in [2.75, 3.05) is 31.0 Å². The zero-order valence-electron chi connectivity index (χ0n) is 19.2. The molecule has 3 aromatic rings. The van der Waals surface area contributed by atoms with Gasteiger partial charge in [0.05, 0.1) is 18.1 Å². The van der Waals surface area contributed by atoms with Crippen LogP contribution in [0.25, 0.3) is 0 Å². The highest BCUT2D eigenvalue weighted by Gasteiger charge is 2.20. The summed E-state index contributed by atoms with van der Waals surface area (Å²) in [6, 6.07) is 16.4. The molecule has 0 aliphatic carbocycles. The average molecular weight is 494 g/mol. The standard InChI is InChI=1S/C26H27N3O5S/c30-24(10-5-21-2-1-13-27-19-21)18-20-3-8-23(9-4-20)28-35(32,33)25-11-6-22(7-12-25)26(31)29-14-16-34-17-15-29/h1-4,6-9,11-13,19,28H,5,10,14-18H2.